The second kappa shape index (κ2) is 16.9. The Kier molecular flexibility index (Phi) is 13.1. The van der Waals surface area contributed by atoms with Gasteiger partial charge in [-0.05, 0) is 100 Å². The molecule has 0 aromatic carbocycles. The fraction of sp³-hybridized carbons (Fsp3) is 0.925. The Morgan fingerprint density at radius 1 is 0.870 bits per heavy atom. The third-order valence-corrected chi connectivity index (χ3v) is 14.6. The predicted molar refractivity (Wildman–Crippen MR) is 192 cm³/mol. The van der Waals surface area contributed by atoms with Crippen molar-refractivity contribution in [2.45, 2.75) is 159 Å². The van der Waals surface area contributed by atoms with Crippen LogP contribution >= 0.6 is 0 Å². The molecule has 6 fully saturated rings. The van der Waals surface area contributed by atoms with Crippen molar-refractivity contribution in [1.29, 1.82) is 0 Å². The van der Waals surface area contributed by atoms with Crippen LogP contribution in [0.4, 0.5) is 8.78 Å². The summed E-state index contributed by atoms with van der Waals surface area (Å²) in [5.74, 6) is -1.11. The van der Waals surface area contributed by atoms with Crippen LogP contribution in [0, 0.1) is 46.3 Å². The van der Waals surface area contributed by atoms with Gasteiger partial charge in [0.1, 0.15) is 18.8 Å². The molecule has 0 aromatic rings. The molecule has 7 unspecified atom stereocenters. The molecule has 14 heteroatoms. The number of ether oxygens (including phenoxy) is 5. The van der Waals surface area contributed by atoms with Crippen molar-refractivity contribution in [3.63, 3.8) is 0 Å². The predicted octanol–water partition coefficient (Wildman–Crippen LogP) is 7.79. The lowest BCUT2D eigenvalue weighted by molar-refractivity contribution is -0.278. The third kappa shape index (κ3) is 9.79. The molecule has 308 valence electrons. The molecule has 6 rings (SSSR count). The lowest BCUT2D eigenvalue weighted by Crippen LogP contribution is -2.55. The number of esters is 3. The topological polar surface area (TPSA) is 152 Å². The Morgan fingerprint density at radius 2 is 1.54 bits per heavy atom. The summed E-state index contributed by atoms with van der Waals surface area (Å²) in [6.07, 6.45) is 16.1. The average Bonchev–Trinajstić information content (AvgIpc) is 3.12. The van der Waals surface area contributed by atoms with Crippen LogP contribution < -0.4 is 0 Å². The van der Waals surface area contributed by atoms with Gasteiger partial charge in [-0.15, -0.1) is 0 Å². The van der Waals surface area contributed by atoms with E-state index in [1.54, 1.807) is 0 Å². The number of carbonyl (C=O) groups is 3. The molecule has 54 heavy (non-hydrogen) atoms. The van der Waals surface area contributed by atoms with Crippen LogP contribution in [-0.2, 0) is 48.2 Å². The molecule has 0 amide bonds. The molecule has 0 spiro atoms. The summed E-state index contributed by atoms with van der Waals surface area (Å²) in [7, 11) is -6.01. The van der Waals surface area contributed by atoms with Gasteiger partial charge in [0.15, 0.2) is 6.29 Å². The van der Waals surface area contributed by atoms with Crippen molar-refractivity contribution >= 4 is 28.0 Å². The maximum absolute atomic E-state index is 14.3. The van der Waals surface area contributed by atoms with Crippen molar-refractivity contribution in [2.24, 2.45) is 46.3 Å². The van der Waals surface area contributed by atoms with Crippen LogP contribution in [0.3, 0.4) is 0 Å². The Labute approximate surface area is 319 Å². The van der Waals surface area contributed by atoms with E-state index in [-0.39, 0.29) is 69.5 Å². The number of hydrogen-bond acceptors (Lipinski definition) is 10. The van der Waals surface area contributed by atoms with Gasteiger partial charge in [-0.1, -0.05) is 65.2 Å². The minimum atomic E-state index is -6.01. The van der Waals surface area contributed by atoms with Gasteiger partial charge in [0.25, 0.3) is 0 Å². The van der Waals surface area contributed by atoms with Gasteiger partial charge in [-0.25, -0.2) is 4.79 Å². The minimum absolute atomic E-state index is 0.00224. The molecule has 5 saturated carbocycles. The summed E-state index contributed by atoms with van der Waals surface area (Å²) >= 11 is 0. The summed E-state index contributed by atoms with van der Waals surface area (Å²) in [6.45, 7) is 4.38. The fourth-order valence-electron chi connectivity index (χ4n) is 11.2. The molecule has 1 aliphatic heterocycles. The summed E-state index contributed by atoms with van der Waals surface area (Å²) < 4.78 is 90.0. The van der Waals surface area contributed by atoms with Gasteiger partial charge < -0.3 is 23.7 Å². The van der Waals surface area contributed by atoms with Crippen LogP contribution in [0.2, 0.25) is 0 Å². The number of rotatable bonds is 14. The highest BCUT2D eigenvalue weighted by atomic mass is 32.2. The standard InChI is InChI=1S/C40H62F2O11S/c1-27(16-29-8-4-3-5-9-29)12-13-33(43)49-23-37(26-52-35(44)38-14-6-10-30(20-38)17-28(2)19-38)24-50-34(51-25-37)32-18-31-11-7-15-39(21-31,22-32)53-36(45)40(41,42)54(46,47)48/h27-32,34H,3-26H2,1-2H3,(H,46,47,48). The van der Waals surface area contributed by atoms with Crippen molar-refractivity contribution in [1.82, 2.24) is 0 Å². The first kappa shape index (κ1) is 41.7. The van der Waals surface area contributed by atoms with Gasteiger partial charge in [0.2, 0.25) is 0 Å². The third-order valence-electron chi connectivity index (χ3n) is 13.7. The van der Waals surface area contributed by atoms with Crippen molar-refractivity contribution in [3.8, 4) is 0 Å². The molecule has 0 aromatic heterocycles. The van der Waals surface area contributed by atoms with E-state index in [9.17, 15) is 31.6 Å². The van der Waals surface area contributed by atoms with Crippen molar-refractivity contribution in [3.05, 3.63) is 0 Å². The van der Waals surface area contributed by atoms with E-state index >= 15 is 0 Å². The molecule has 1 N–H and O–H groups in total. The van der Waals surface area contributed by atoms with Gasteiger partial charge in [-0.3, -0.25) is 14.1 Å². The smallest absolute Gasteiger partial charge is 0.465 e. The molecular formula is C40H62F2O11S. The van der Waals surface area contributed by atoms with Crippen molar-refractivity contribution in [2.75, 3.05) is 26.4 Å². The summed E-state index contributed by atoms with van der Waals surface area (Å²) in [4.78, 5) is 39.4. The van der Waals surface area contributed by atoms with Crippen LogP contribution in [-0.4, -0.2) is 74.5 Å². The van der Waals surface area contributed by atoms with E-state index in [2.05, 4.69) is 13.8 Å². The maximum Gasteiger partial charge on any atom is 0.465 e. The Morgan fingerprint density at radius 3 is 2.24 bits per heavy atom. The van der Waals surface area contributed by atoms with Crippen molar-refractivity contribution < 1.29 is 59.8 Å². The molecule has 0 radical (unpaired) electrons. The second-order valence-electron chi connectivity index (χ2n) is 18.6. The number of carbonyl (C=O) groups excluding carboxylic acids is 3. The van der Waals surface area contributed by atoms with Crippen LogP contribution in [0.5, 0.6) is 0 Å². The lowest BCUT2D eigenvalue weighted by Gasteiger charge is -2.50. The molecule has 4 bridgehead atoms. The SMILES string of the molecule is CC(CCC(=O)OCC1(COC(=O)C23CCCC(CC(C)C2)C3)COC(C2CC3CCCC(OC(=O)C(F)(F)S(=O)(=O)O)(C3)C2)OC1)CC1CCCCC1. The quantitative estimate of drug-likeness (QED) is 0.104. The first-order chi connectivity index (χ1) is 25.5. The normalized spacial score (nSPS) is 36.8. The monoisotopic (exact) mass is 788 g/mol. The molecule has 11 nitrogen and oxygen atoms in total. The van der Waals surface area contributed by atoms with E-state index in [4.69, 9.17) is 28.2 Å². The molecule has 1 heterocycles. The minimum Gasteiger partial charge on any atom is -0.465 e. The number of hydrogen-bond donors (Lipinski definition) is 1. The largest absolute Gasteiger partial charge is 0.465 e. The van der Waals surface area contributed by atoms with Crippen LogP contribution in [0.25, 0.3) is 0 Å². The average molecular weight is 789 g/mol. The summed E-state index contributed by atoms with van der Waals surface area (Å²) in [6, 6.07) is 0. The highest BCUT2D eigenvalue weighted by molar-refractivity contribution is 7.87. The van der Waals surface area contributed by atoms with E-state index in [0.29, 0.717) is 37.0 Å². The molecule has 7 atom stereocenters. The van der Waals surface area contributed by atoms with E-state index in [1.807, 2.05) is 0 Å². The molecule has 5 aliphatic carbocycles. The Bertz CT molecular complexity index is 1440. The molecule has 6 aliphatic rings. The van der Waals surface area contributed by atoms with Gasteiger partial charge >= 0.3 is 33.3 Å². The lowest BCUT2D eigenvalue weighted by atomic mass is 9.59. The second-order valence-corrected chi connectivity index (χ2v) is 20.1. The molecule has 1 saturated heterocycles. The van der Waals surface area contributed by atoms with Gasteiger partial charge in [-0.2, -0.15) is 17.2 Å². The van der Waals surface area contributed by atoms with Gasteiger partial charge in [0.05, 0.1) is 24.0 Å². The Balaban J connectivity index is 1.09. The first-order valence-corrected chi connectivity index (χ1v) is 22.1. The Hall–Kier alpha value is -1.90. The van der Waals surface area contributed by atoms with E-state index in [0.717, 1.165) is 63.7 Å². The van der Waals surface area contributed by atoms with E-state index in [1.165, 1.54) is 32.1 Å². The fourth-order valence-corrected chi connectivity index (χ4v) is 11.5. The number of alkyl halides is 2. The zero-order valence-corrected chi connectivity index (χ0v) is 33.0. The van der Waals surface area contributed by atoms with Crippen LogP contribution in [0.1, 0.15) is 142 Å². The summed E-state index contributed by atoms with van der Waals surface area (Å²) in [5.41, 5.74) is -2.83. The summed E-state index contributed by atoms with van der Waals surface area (Å²) in [5, 5.41) is -5.09. The highest BCUT2D eigenvalue weighted by Gasteiger charge is 2.59. The maximum atomic E-state index is 14.3. The van der Waals surface area contributed by atoms with E-state index < -0.39 is 44.1 Å². The van der Waals surface area contributed by atoms with Crippen LogP contribution in [0.15, 0.2) is 0 Å². The highest BCUT2D eigenvalue weighted by Crippen LogP contribution is 2.53. The number of fused-ring (bicyclic) bond motifs is 4. The first-order valence-electron chi connectivity index (χ1n) is 20.7. The zero-order valence-electron chi connectivity index (χ0n) is 32.2. The van der Waals surface area contributed by atoms with Gasteiger partial charge in [0, 0.05) is 12.3 Å². The molecular weight excluding hydrogens is 726 g/mol. The number of halogens is 2. The zero-order chi connectivity index (χ0) is 38.8.